The lowest BCUT2D eigenvalue weighted by atomic mass is 10.2. The number of rotatable bonds is 3. The summed E-state index contributed by atoms with van der Waals surface area (Å²) in [7, 11) is 0. The molecule has 1 aliphatic rings. The van der Waals surface area contributed by atoms with Gasteiger partial charge in [0.05, 0.1) is 5.02 Å². The van der Waals surface area contributed by atoms with Crippen molar-refractivity contribution < 1.29 is 9.18 Å². The standard InChI is InChI=1S/C17H18ClFN4O/c18-13-11-12(5-6-14(13)19)21-17-20-8-7-15(22-17)16(24)23-9-3-1-2-4-10-23/h5-8,11H,1-4,9-10H2,(H,20,21,22). The summed E-state index contributed by atoms with van der Waals surface area (Å²) in [6, 6.07) is 5.85. The molecule has 1 saturated heterocycles. The van der Waals surface area contributed by atoms with Crippen LogP contribution in [0.4, 0.5) is 16.0 Å². The van der Waals surface area contributed by atoms with Crippen LogP contribution in [0.1, 0.15) is 36.2 Å². The molecule has 24 heavy (non-hydrogen) atoms. The lowest BCUT2D eigenvalue weighted by Crippen LogP contribution is -2.32. The van der Waals surface area contributed by atoms with Gasteiger partial charge in [0, 0.05) is 25.0 Å². The Kier molecular flexibility index (Phi) is 5.25. The van der Waals surface area contributed by atoms with Gasteiger partial charge in [0.2, 0.25) is 5.95 Å². The number of carbonyl (C=O) groups is 1. The molecule has 7 heteroatoms. The minimum atomic E-state index is -0.492. The van der Waals surface area contributed by atoms with E-state index in [0.717, 1.165) is 38.8 Å². The van der Waals surface area contributed by atoms with E-state index in [0.29, 0.717) is 11.4 Å². The van der Waals surface area contributed by atoms with Crippen LogP contribution in [0, 0.1) is 5.82 Å². The van der Waals surface area contributed by atoms with Crippen molar-refractivity contribution in [2.75, 3.05) is 18.4 Å². The maximum absolute atomic E-state index is 13.2. The minimum absolute atomic E-state index is 0.0109. The lowest BCUT2D eigenvalue weighted by molar-refractivity contribution is 0.0755. The molecular weight excluding hydrogens is 331 g/mol. The van der Waals surface area contributed by atoms with Crippen molar-refractivity contribution in [2.45, 2.75) is 25.7 Å². The number of likely N-dealkylation sites (tertiary alicyclic amines) is 1. The van der Waals surface area contributed by atoms with Gasteiger partial charge < -0.3 is 10.2 Å². The molecular formula is C17H18ClFN4O. The second kappa shape index (κ2) is 7.57. The number of nitrogens with one attached hydrogen (secondary N) is 1. The molecule has 5 nitrogen and oxygen atoms in total. The number of carbonyl (C=O) groups excluding carboxylic acids is 1. The quantitative estimate of drug-likeness (QED) is 0.909. The highest BCUT2D eigenvalue weighted by atomic mass is 35.5. The summed E-state index contributed by atoms with van der Waals surface area (Å²) >= 11 is 5.76. The Morgan fingerprint density at radius 2 is 1.92 bits per heavy atom. The van der Waals surface area contributed by atoms with E-state index in [1.807, 2.05) is 4.90 Å². The fourth-order valence-electron chi connectivity index (χ4n) is 2.68. The number of anilines is 2. The van der Waals surface area contributed by atoms with Crippen molar-refractivity contribution in [3.05, 3.63) is 47.0 Å². The molecule has 1 aromatic heterocycles. The van der Waals surface area contributed by atoms with Crippen LogP contribution < -0.4 is 5.32 Å². The van der Waals surface area contributed by atoms with Gasteiger partial charge in [-0.3, -0.25) is 4.79 Å². The van der Waals surface area contributed by atoms with Crippen molar-refractivity contribution in [2.24, 2.45) is 0 Å². The summed E-state index contributed by atoms with van der Waals surface area (Å²) < 4.78 is 13.2. The van der Waals surface area contributed by atoms with Crippen LogP contribution in [0.25, 0.3) is 0 Å². The Labute approximate surface area is 144 Å². The number of benzene rings is 1. The van der Waals surface area contributed by atoms with E-state index in [4.69, 9.17) is 11.6 Å². The summed E-state index contributed by atoms with van der Waals surface area (Å²) in [5.74, 6) is -0.300. The number of aromatic nitrogens is 2. The summed E-state index contributed by atoms with van der Waals surface area (Å²) in [4.78, 5) is 22.8. The van der Waals surface area contributed by atoms with E-state index in [2.05, 4.69) is 15.3 Å². The molecule has 1 aliphatic heterocycles. The number of nitrogens with zero attached hydrogens (tertiary/aromatic N) is 3. The lowest BCUT2D eigenvalue weighted by Gasteiger charge is -2.19. The smallest absolute Gasteiger partial charge is 0.272 e. The first-order valence-electron chi connectivity index (χ1n) is 7.98. The SMILES string of the molecule is O=C(c1ccnc(Nc2ccc(F)c(Cl)c2)n1)N1CCCCCC1. The van der Waals surface area contributed by atoms with Crippen molar-refractivity contribution in [3.8, 4) is 0 Å². The van der Waals surface area contributed by atoms with Crippen LogP contribution in [0.5, 0.6) is 0 Å². The summed E-state index contributed by atoms with van der Waals surface area (Å²) in [5.41, 5.74) is 0.906. The van der Waals surface area contributed by atoms with Crippen molar-refractivity contribution in [1.29, 1.82) is 0 Å². The maximum Gasteiger partial charge on any atom is 0.272 e. The van der Waals surface area contributed by atoms with E-state index < -0.39 is 5.82 Å². The van der Waals surface area contributed by atoms with Gasteiger partial charge >= 0.3 is 0 Å². The van der Waals surface area contributed by atoms with Gasteiger partial charge in [0.1, 0.15) is 11.5 Å². The third-order valence-corrected chi connectivity index (χ3v) is 4.23. The normalized spacial score (nSPS) is 15.0. The fourth-order valence-corrected chi connectivity index (χ4v) is 2.86. The van der Waals surface area contributed by atoms with E-state index in [1.54, 1.807) is 6.07 Å². The second-order valence-electron chi connectivity index (χ2n) is 5.73. The van der Waals surface area contributed by atoms with E-state index in [1.165, 1.54) is 24.4 Å². The summed E-state index contributed by atoms with van der Waals surface area (Å²) in [6.45, 7) is 1.53. The zero-order valence-corrected chi connectivity index (χ0v) is 13.9. The van der Waals surface area contributed by atoms with Crippen molar-refractivity contribution >= 4 is 29.1 Å². The highest BCUT2D eigenvalue weighted by Crippen LogP contribution is 2.21. The van der Waals surface area contributed by atoms with Crippen LogP contribution in [-0.2, 0) is 0 Å². The van der Waals surface area contributed by atoms with Gasteiger partial charge in [0.15, 0.2) is 0 Å². The van der Waals surface area contributed by atoms with E-state index >= 15 is 0 Å². The van der Waals surface area contributed by atoms with Crippen LogP contribution >= 0.6 is 11.6 Å². The first-order valence-corrected chi connectivity index (χ1v) is 8.36. The molecule has 2 heterocycles. The molecule has 3 rings (SSSR count). The molecule has 0 aliphatic carbocycles. The average Bonchev–Trinajstić information content (AvgIpc) is 2.87. The molecule has 2 aromatic rings. The average molecular weight is 349 g/mol. The molecule has 1 N–H and O–H groups in total. The van der Waals surface area contributed by atoms with Crippen LogP contribution in [0.15, 0.2) is 30.5 Å². The maximum atomic E-state index is 13.2. The predicted octanol–water partition coefficient (Wildman–Crippen LogP) is 4.03. The second-order valence-corrected chi connectivity index (χ2v) is 6.13. The summed E-state index contributed by atoms with van der Waals surface area (Å²) in [6.07, 6.45) is 5.90. The molecule has 0 radical (unpaired) electrons. The third-order valence-electron chi connectivity index (χ3n) is 3.94. The van der Waals surface area contributed by atoms with Crippen LogP contribution in [0.3, 0.4) is 0 Å². The largest absolute Gasteiger partial charge is 0.337 e. The van der Waals surface area contributed by atoms with Crippen LogP contribution in [0.2, 0.25) is 5.02 Å². The molecule has 1 fully saturated rings. The summed E-state index contributed by atoms with van der Waals surface area (Å²) in [5, 5.41) is 2.95. The fraction of sp³-hybridized carbons (Fsp3) is 0.353. The molecule has 0 atom stereocenters. The topological polar surface area (TPSA) is 58.1 Å². The van der Waals surface area contributed by atoms with Gasteiger partial charge in [0.25, 0.3) is 5.91 Å². The monoisotopic (exact) mass is 348 g/mol. The van der Waals surface area contributed by atoms with Gasteiger partial charge in [-0.25, -0.2) is 14.4 Å². The van der Waals surface area contributed by atoms with Gasteiger partial charge in [-0.2, -0.15) is 0 Å². The van der Waals surface area contributed by atoms with E-state index in [-0.39, 0.29) is 16.9 Å². The molecule has 1 aromatic carbocycles. The Balaban J connectivity index is 1.75. The van der Waals surface area contributed by atoms with Gasteiger partial charge in [-0.15, -0.1) is 0 Å². The third kappa shape index (κ3) is 4.00. The zero-order chi connectivity index (χ0) is 16.9. The van der Waals surface area contributed by atoms with E-state index in [9.17, 15) is 9.18 Å². The molecule has 0 unspecified atom stereocenters. The molecule has 126 valence electrons. The first kappa shape index (κ1) is 16.6. The predicted molar refractivity (Wildman–Crippen MR) is 91.1 cm³/mol. The number of hydrogen-bond donors (Lipinski definition) is 1. The first-order chi connectivity index (χ1) is 11.6. The molecule has 0 bridgehead atoms. The minimum Gasteiger partial charge on any atom is -0.337 e. The van der Waals surface area contributed by atoms with Gasteiger partial charge in [-0.05, 0) is 37.1 Å². The number of halogens is 2. The van der Waals surface area contributed by atoms with Gasteiger partial charge in [-0.1, -0.05) is 24.4 Å². The Hall–Kier alpha value is -2.21. The Morgan fingerprint density at radius 1 is 1.17 bits per heavy atom. The van der Waals surface area contributed by atoms with Crippen molar-refractivity contribution in [3.63, 3.8) is 0 Å². The Morgan fingerprint density at radius 3 is 2.62 bits per heavy atom. The zero-order valence-electron chi connectivity index (χ0n) is 13.1. The number of amides is 1. The molecule has 1 amide bonds. The molecule has 0 saturated carbocycles. The van der Waals surface area contributed by atoms with Crippen LogP contribution in [-0.4, -0.2) is 33.9 Å². The Bertz CT molecular complexity index is 732. The molecule has 0 spiro atoms. The highest BCUT2D eigenvalue weighted by Gasteiger charge is 2.19. The number of hydrogen-bond acceptors (Lipinski definition) is 4. The highest BCUT2D eigenvalue weighted by molar-refractivity contribution is 6.31. The van der Waals surface area contributed by atoms with Crippen molar-refractivity contribution in [1.82, 2.24) is 14.9 Å².